The largest absolute Gasteiger partial charge is 0.436 e. The molecule has 0 bridgehead atoms. The van der Waals surface area contributed by atoms with Crippen LogP contribution < -0.4 is 0 Å². The van der Waals surface area contributed by atoms with Crippen LogP contribution in [0.25, 0.3) is 0 Å². The Balaban J connectivity index is 2.34. The number of carbonyl (C=O) groups excluding carboxylic acids is 1. The number of amides is 1. The smallest absolute Gasteiger partial charge is 0.389 e. The topological polar surface area (TPSA) is 58.4 Å². The number of aryl methyl sites for hydroxylation is 1. The highest BCUT2D eigenvalue weighted by Gasteiger charge is 2.41. The van der Waals surface area contributed by atoms with E-state index < -0.39 is 28.9 Å². The summed E-state index contributed by atoms with van der Waals surface area (Å²) in [4.78, 5) is 13.1. The van der Waals surface area contributed by atoms with Gasteiger partial charge in [-0.15, -0.1) is 0 Å². The molecular weight excluding hydrogens is 275 g/mol. The number of aliphatic hydroxyl groups is 1. The van der Waals surface area contributed by atoms with Gasteiger partial charge in [0.15, 0.2) is 5.69 Å². The van der Waals surface area contributed by atoms with Crippen molar-refractivity contribution in [3.05, 3.63) is 16.4 Å². The summed E-state index contributed by atoms with van der Waals surface area (Å²) in [5.41, 5.74) is -1.60. The fraction of sp³-hybridized carbons (Fsp3) is 0.556. The zero-order chi connectivity index (χ0) is 13.7. The molecule has 0 unspecified atom stereocenters. The molecule has 1 amide bonds. The minimum absolute atomic E-state index is 0.0850. The molecule has 1 aliphatic heterocycles. The van der Waals surface area contributed by atoms with Crippen molar-refractivity contribution in [3.8, 4) is 0 Å². The standard InChI is InChI=1S/C9H9ClF3N3O2/c1-15-6(8(18)16-2-4(17)3-16)5(10)7(14-15)9(11,12)13/h4,17H,2-3H2,1H3. The summed E-state index contributed by atoms with van der Waals surface area (Å²) in [7, 11) is 1.21. The van der Waals surface area contributed by atoms with E-state index in [-0.39, 0.29) is 18.8 Å². The lowest BCUT2D eigenvalue weighted by Crippen LogP contribution is -2.53. The molecule has 1 aromatic heterocycles. The molecule has 1 aromatic rings. The number of hydrogen-bond donors (Lipinski definition) is 1. The summed E-state index contributed by atoms with van der Waals surface area (Å²) >= 11 is 5.56. The fourth-order valence-electron chi connectivity index (χ4n) is 1.68. The zero-order valence-corrected chi connectivity index (χ0v) is 9.96. The lowest BCUT2D eigenvalue weighted by molar-refractivity contribution is -0.141. The Morgan fingerprint density at radius 3 is 2.44 bits per heavy atom. The van der Waals surface area contributed by atoms with Crippen LogP contribution >= 0.6 is 11.6 Å². The minimum atomic E-state index is -4.71. The molecule has 2 heterocycles. The summed E-state index contributed by atoms with van der Waals surface area (Å²) in [6.07, 6.45) is -5.34. The maximum absolute atomic E-state index is 12.5. The normalized spacial score (nSPS) is 16.9. The first-order valence-electron chi connectivity index (χ1n) is 4.99. The first kappa shape index (κ1) is 13.2. The van der Waals surface area contributed by atoms with E-state index in [2.05, 4.69) is 5.10 Å². The molecule has 0 saturated carbocycles. The maximum atomic E-state index is 12.5. The Morgan fingerprint density at radius 1 is 1.50 bits per heavy atom. The molecule has 0 atom stereocenters. The molecule has 0 radical (unpaired) electrons. The number of aromatic nitrogens is 2. The monoisotopic (exact) mass is 283 g/mol. The Labute approximate surface area is 105 Å². The van der Waals surface area contributed by atoms with Crippen molar-refractivity contribution in [2.75, 3.05) is 13.1 Å². The average molecular weight is 284 g/mol. The van der Waals surface area contributed by atoms with Crippen molar-refractivity contribution in [1.82, 2.24) is 14.7 Å². The molecule has 0 spiro atoms. The van der Waals surface area contributed by atoms with E-state index in [0.29, 0.717) is 0 Å². The predicted molar refractivity (Wildman–Crippen MR) is 55.1 cm³/mol. The van der Waals surface area contributed by atoms with Crippen molar-refractivity contribution in [2.24, 2.45) is 7.05 Å². The number of likely N-dealkylation sites (tertiary alicyclic amines) is 1. The lowest BCUT2D eigenvalue weighted by Gasteiger charge is -2.35. The van der Waals surface area contributed by atoms with Gasteiger partial charge in [-0.05, 0) is 0 Å². The van der Waals surface area contributed by atoms with Gasteiger partial charge < -0.3 is 10.0 Å². The Bertz CT molecular complexity index is 494. The Hall–Kier alpha value is -1.28. The third-order valence-corrected chi connectivity index (χ3v) is 2.97. The van der Waals surface area contributed by atoms with Crippen LogP contribution in [0.3, 0.4) is 0 Å². The van der Waals surface area contributed by atoms with Crippen LogP contribution in [-0.2, 0) is 13.2 Å². The molecule has 9 heteroatoms. The highest BCUT2D eigenvalue weighted by molar-refractivity contribution is 6.34. The molecule has 18 heavy (non-hydrogen) atoms. The van der Waals surface area contributed by atoms with Crippen LogP contribution in [0.2, 0.25) is 5.02 Å². The van der Waals surface area contributed by atoms with Gasteiger partial charge in [0.05, 0.1) is 6.10 Å². The molecular formula is C9H9ClF3N3O2. The van der Waals surface area contributed by atoms with E-state index in [0.717, 1.165) is 4.68 Å². The van der Waals surface area contributed by atoms with Gasteiger partial charge in [0, 0.05) is 20.1 Å². The first-order chi connectivity index (χ1) is 8.21. The van der Waals surface area contributed by atoms with E-state index in [1.807, 2.05) is 0 Å². The Kier molecular flexibility index (Phi) is 3.02. The van der Waals surface area contributed by atoms with Crippen LogP contribution in [0.4, 0.5) is 13.2 Å². The zero-order valence-electron chi connectivity index (χ0n) is 9.20. The number of β-amino-alcohol motifs (C(OH)–C–C–N with tert-alkyl or cyclic N) is 1. The molecule has 1 N–H and O–H groups in total. The number of rotatable bonds is 1. The van der Waals surface area contributed by atoms with Crippen LogP contribution in [0, 0.1) is 0 Å². The Morgan fingerprint density at radius 2 is 2.06 bits per heavy atom. The van der Waals surface area contributed by atoms with Gasteiger partial charge in [-0.3, -0.25) is 9.48 Å². The van der Waals surface area contributed by atoms with E-state index in [1.54, 1.807) is 0 Å². The quantitative estimate of drug-likeness (QED) is 0.833. The molecule has 100 valence electrons. The third-order valence-electron chi connectivity index (χ3n) is 2.61. The van der Waals surface area contributed by atoms with Gasteiger partial charge in [-0.25, -0.2) is 0 Å². The summed E-state index contributed by atoms with van der Waals surface area (Å²) < 4.78 is 38.4. The van der Waals surface area contributed by atoms with Crippen molar-refractivity contribution in [3.63, 3.8) is 0 Å². The van der Waals surface area contributed by atoms with Gasteiger partial charge >= 0.3 is 6.18 Å². The van der Waals surface area contributed by atoms with Crippen LogP contribution in [0.15, 0.2) is 0 Å². The molecule has 2 rings (SSSR count). The van der Waals surface area contributed by atoms with Crippen LogP contribution in [-0.4, -0.2) is 44.9 Å². The van der Waals surface area contributed by atoms with E-state index in [4.69, 9.17) is 16.7 Å². The van der Waals surface area contributed by atoms with Crippen molar-refractivity contribution in [2.45, 2.75) is 12.3 Å². The molecule has 1 fully saturated rings. The molecule has 1 saturated heterocycles. The molecule has 1 aliphatic rings. The van der Waals surface area contributed by atoms with E-state index in [1.165, 1.54) is 11.9 Å². The number of hydrogen-bond acceptors (Lipinski definition) is 3. The van der Waals surface area contributed by atoms with Crippen molar-refractivity contribution in [1.29, 1.82) is 0 Å². The van der Waals surface area contributed by atoms with Crippen LogP contribution in [0.1, 0.15) is 16.2 Å². The SMILES string of the molecule is Cn1nc(C(F)(F)F)c(Cl)c1C(=O)N1CC(O)C1. The minimum Gasteiger partial charge on any atom is -0.389 e. The van der Waals surface area contributed by atoms with Gasteiger partial charge in [-0.1, -0.05) is 11.6 Å². The summed E-state index contributed by atoms with van der Waals surface area (Å²) in [6.45, 7) is 0.170. The number of alkyl halides is 3. The van der Waals surface area contributed by atoms with Gasteiger partial charge in [0.1, 0.15) is 10.7 Å². The second kappa shape index (κ2) is 4.13. The van der Waals surface area contributed by atoms with Crippen LogP contribution in [0.5, 0.6) is 0 Å². The summed E-state index contributed by atoms with van der Waals surface area (Å²) in [6, 6.07) is 0. The van der Waals surface area contributed by atoms with E-state index >= 15 is 0 Å². The first-order valence-corrected chi connectivity index (χ1v) is 5.36. The second-order valence-corrected chi connectivity index (χ2v) is 4.37. The summed E-state index contributed by atoms with van der Waals surface area (Å²) in [5, 5.41) is 11.6. The third kappa shape index (κ3) is 2.05. The highest BCUT2D eigenvalue weighted by atomic mass is 35.5. The summed E-state index contributed by atoms with van der Waals surface area (Å²) in [5.74, 6) is -0.671. The van der Waals surface area contributed by atoms with Gasteiger partial charge in [0.2, 0.25) is 0 Å². The predicted octanol–water partition coefficient (Wildman–Crippen LogP) is 0.909. The lowest BCUT2D eigenvalue weighted by atomic mass is 10.1. The van der Waals surface area contributed by atoms with E-state index in [9.17, 15) is 18.0 Å². The van der Waals surface area contributed by atoms with Gasteiger partial charge in [-0.2, -0.15) is 18.3 Å². The number of nitrogens with zero attached hydrogens (tertiary/aromatic N) is 3. The average Bonchev–Trinajstić information content (AvgIpc) is 2.48. The number of halogens is 4. The van der Waals surface area contributed by atoms with Crippen molar-refractivity contribution < 1.29 is 23.1 Å². The van der Waals surface area contributed by atoms with Gasteiger partial charge in [0.25, 0.3) is 5.91 Å². The fourth-order valence-corrected chi connectivity index (χ4v) is 2.03. The number of carbonyl (C=O) groups is 1. The highest BCUT2D eigenvalue weighted by Crippen LogP contribution is 2.35. The maximum Gasteiger partial charge on any atom is 0.436 e. The van der Waals surface area contributed by atoms with Crippen molar-refractivity contribution >= 4 is 17.5 Å². The molecule has 0 aliphatic carbocycles. The molecule has 0 aromatic carbocycles. The molecule has 5 nitrogen and oxygen atoms in total. The number of aliphatic hydroxyl groups excluding tert-OH is 1. The second-order valence-electron chi connectivity index (χ2n) is 4.00.